The summed E-state index contributed by atoms with van der Waals surface area (Å²) in [7, 11) is 0. The molecule has 1 aromatic carbocycles. The number of carbonyl (C=O) groups is 3. The Kier molecular flexibility index (Phi) is 6.62. The molecule has 3 amide bonds. The van der Waals surface area contributed by atoms with Crippen molar-refractivity contribution in [3.05, 3.63) is 59.8 Å². The summed E-state index contributed by atoms with van der Waals surface area (Å²) in [4.78, 5) is 40.1. The predicted molar refractivity (Wildman–Crippen MR) is 122 cm³/mol. The number of nitrogens with zero attached hydrogens (tertiary/aromatic N) is 2. The third kappa shape index (κ3) is 4.55. The van der Waals surface area contributed by atoms with E-state index in [1.54, 1.807) is 4.90 Å². The molecule has 0 fully saturated rings. The van der Waals surface area contributed by atoms with Crippen LogP contribution in [-0.4, -0.2) is 36.5 Å². The van der Waals surface area contributed by atoms with E-state index < -0.39 is 12.1 Å². The number of anilines is 1. The molecule has 8 heteroatoms. The Balaban J connectivity index is 1.46. The van der Waals surface area contributed by atoms with Crippen molar-refractivity contribution in [1.82, 2.24) is 10.6 Å². The molecule has 0 aliphatic carbocycles. The molecular formula is C25H31N4O4+. The maximum atomic E-state index is 13.5. The number of ether oxygens (including phenoxy) is 1. The van der Waals surface area contributed by atoms with Crippen molar-refractivity contribution in [2.75, 3.05) is 11.4 Å². The van der Waals surface area contributed by atoms with E-state index in [1.807, 2.05) is 74.0 Å². The number of nitrogens with one attached hydrogen (secondary N) is 2. The van der Waals surface area contributed by atoms with Crippen LogP contribution in [0.25, 0.3) is 0 Å². The van der Waals surface area contributed by atoms with Gasteiger partial charge in [0.2, 0.25) is 5.91 Å². The number of carbonyl (C=O) groups excluding carboxylic acids is 3. The average Bonchev–Trinajstić information content (AvgIpc) is 3.21. The molecule has 4 atom stereocenters. The van der Waals surface area contributed by atoms with Crippen molar-refractivity contribution in [2.24, 2.45) is 5.92 Å². The van der Waals surface area contributed by atoms with Crippen LogP contribution >= 0.6 is 0 Å². The van der Waals surface area contributed by atoms with Crippen molar-refractivity contribution >= 4 is 23.7 Å². The van der Waals surface area contributed by atoms with E-state index in [0.717, 1.165) is 16.9 Å². The van der Waals surface area contributed by atoms with Gasteiger partial charge in [-0.15, -0.1) is 0 Å². The summed E-state index contributed by atoms with van der Waals surface area (Å²) >= 11 is 0. The van der Waals surface area contributed by atoms with Gasteiger partial charge in [0.05, 0.1) is 12.7 Å². The summed E-state index contributed by atoms with van der Waals surface area (Å²) in [6.45, 7) is 6.20. The molecule has 33 heavy (non-hydrogen) atoms. The zero-order valence-corrected chi connectivity index (χ0v) is 19.3. The van der Waals surface area contributed by atoms with E-state index >= 15 is 0 Å². The number of amides is 3. The molecule has 8 nitrogen and oxygen atoms in total. The van der Waals surface area contributed by atoms with Gasteiger partial charge in [-0.25, -0.2) is 14.2 Å². The molecule has 2 N–H and O–H groups in total. The summed E-state index contributed by atoms with van der Waals surface area (Å²) in [5, 5.41) is 5.76. The molecule has 2 aliphatic heterocycles. The molecule has 0 radical (unpaired) electrons. The number of hydrogen-bond donors (Lipinski definition) is 2. The standard InChI is InChI=1S/C25H30N4O4/c1-4-16(2)22(30)27-21-17(3)28-12-8-11-19-13-20(29(23(19)28)24(21)31)14-26-25(32)33-15-18-9-6-5-7-10-18/h5-12,16-17,20-21H,4,13-15H2,1-3H3,(H-,26,27,30,32)/p+1/t16-,17?,20+,21+/m1/s1. The Morgan fingerprint density at radius 3 is 2.70 bits per heavy atom. The minimum Gasteiger partial charge on any atom is -0.445 e. The number of hydrogen-bond acceptors (Lipinski definition) is 4. The fourth-order valence-corrected chi connectivity index (χ4v) is 4.45. The summed E-state index contributed by atoms with van der Waals surface area (Å²) < 4.78 is 7.36. The lowest BCUT2D eigenvalue weighted by Crippen LogP contribution is -2.66. The maximum Gasteiger partial charge on any atom is 0.407 e. The zero-order valence-electron chi connectivity index (χ0n) is 19.3. The van der Waals surface area contributed by atoms with Crippen LogP contribution in [0.5, 0.6) is 0 Å². The second kappa shape index (κ2) is 9.60. The SMILES string of the molecule is CC[C@@H](C)C(=O)N[C@@H]1C(=O)N2c3c(ccc[n+]3C1C)C[C@H]2CNC(=O)OCc1ccccc1. The number of alkyl carbamates (subject to hydrolysis) is 1. The van der Waals surface area contributed by atoms with Gasteiger partial charge in [-0.2, -0.15) is 4.90 Å². The zero-order chi connectivity index (χ0) is 23.5. The highest BCUT2D eigenvalue weighted by Crippen LogP contribution is 2.34. The Labute approximate surface area is 193 Å². The highest BCUT2D eigenvalue weighted by molar-refractivity contribution is 6.01. The summed E-state index contributed by atoms with van der Waals surface area (Å²) in [6.07, 6.45) is 2.74. The maximum absolute atomic E-state index is 13.5. The lowest BCUT2D eigenvalue weighted by molar-refractivity contribution is -0.711. The second-order valence-electron chi connectivity index (χ2n) is 8.81. The molecule has 2 aliphatic rings. The molecule has 2 aromatic rings. The molecule has 174 valence electrons. The first kappa shape index (κ1) is 22.8. The molecule has 0 spiro atoms. The van der Waals surface area contributed by atoms with Crippen molar-refractivity contribution in [3.63, 3.8) is 0 Å². The smallest absolute Gasteiger partial charge is 0.407 e. The normalized spacial score (nSPS) is 21.8. The van der Waals surface area contributed by atoms with Crippen LogP contribution in [-0.2, 0) is 27.4 Å². The summed E-state index contributed by atoms with van der Waals surface area (Å²) in [5.41, 5.74) is 1.95. The van der Waals surface area contributed by atoms with Crippen LogP contribution in [0.2, 0.25) is 0 Å². The number of pyridine rings is 1. The van der Waals surface area contributed by atoms with Gasteiger partial charge in [-0.1, -0.05) is 44.2 Å². The largest absolute Gasteiger partial charge is 0.445 e. The summed E-state index contributed by atoms with van der Waals surface area (Å²) in [6, 6.07) is 12.3. The van der Waals surface area contributed by atoms with Crippen LogP contribution in [0.1, 0.15) is 44.4 Å². The fraction of sp³-hybridized carbons (Fsp3) is 0.440. The van der Waals surface area contributed by atoms with E-state index in [-0.39, 0.29) is 43.0 Å². The van der Waals surface area contributed by atoms with Gasteiger partial charge in [-0.05, 0) is 31.0 Å². The Hall–Kier alpha value is -3.42. The molecule has 0 saturated heterocycles. The molecule has 1 aromatic heterocycles. The number of benzene rings is 1. The van der Waals surface area contributed by atoms with Crippen molar-refractivity contribution in [1.29, 1.82) is 0 Å². The van der Waals surface area contributed by atoms with Gasteiger partial charge in [-0.3, -0.25) is 4.79 Å². The quantitative estimate of drug-likeness (QED) is 0.632. The minimum atomic E-state index is -0.662. The minimum absolute atomic E-state index is 0.124. The highest BCUT2D eigenvalue weighted by Gasteiger charge is 2.53. The third-order valence-corrected chi connectivity index (χ3v) is 6.60. The van der Waals surface area contributed by atoms with E-state index in [4.69, 9.17) is 4.74 Å². The molecule has 3 heterocycles. The van der Waals surface area contributed by atoms with Gasteiger partial charge >= 0.3 is 12.0 Å². The molecule has 0 saturated carbocycles. The van der Waals surface area contributed by atoms with E-state index in [2.05, 4.69) is 10.6 Å². The first-order valence-electron chi connectivity index (χ1n) is 11.5. The number of aromatic nitrogens is 1. The van der Waals surface area contributed by atoms with Crippen LogP contribution in [0.4, 0.5) is 10.6 Å². The van der Waals surface area contributed by atoms with Crippen LogP contribution in [0, 0.1) is 5.92 Å². The Bertz CT molecular complexity index is 1040. The van der Waals surface area contributed by atoms with Gasteiger partial charge in [0.15, 0.2) is 6.04 Å². The first-order chi connectivity index (χ1) is 15.9. The molecule has 4 rings (SSSR count). The Morgan fingerprint density at radius 2 is 1.97 bits per heavy atom. The van der Waals surface area contributed by atoms with Crippen LogP contribution in [0.15, 0.2) is 48.7 Å². The Morgan fingerprint density at radius 1 is 1.21 bits per heavy atom. The lowest BCUT2D eigenvalue weighted by atomic mass is 10.0. The fourth-order valence-electron chi connectivity index (χ4n) is 4.45. The third-order valence-electron chi connectivity index (χ3n) is 6.60. The second-order valence-corrected chi connectivity index (χ2v) is 8.81. The van der Waals surface area contributed by atoms with Crippen molar-refractivity contribution in [2.45, 2.75) is 58.3 Å². The van der Waals surface area contributed by atoms with Gasteiger partial charge < -0.3 is 15.4 Å². The van der Waals surface area contributed by atoms with Crippen LogP contribution < -0.4 is 20.1 Å². The predicted octanol–water partition coefficient (Wildman–Crippen LogP) is 2.26. The van der Waals surface area contributed by atoms with Gasteiger partial charge in [0.25, 0.3) is 5.82 Å². The monoisotopic (exact) mass is 451 g/mol. The average molecular weight is 452 g/mol. The highest BCUT2D eigenvalue weighted by atomic mass is 16.5. The van der Waals surface area contributed by atoms with Crippen molar-refractivity contribution < 1.29 is 23.7 Å². The van der Waals surface area contributed by atoms with E-state index in [0.29, 0.717) is 12.8 Å². The van der Waals surface area contributed by atoms with Crippen molar-refractivity contribution in [3.8, 4) is 0 Å². The lowest BCUT2D eigenvalue weighted by Gasteiger charge is -2.33. The van der Waals surface area contributed by atoms with E-state index in [1.165, 1.54) is 0 Å². The molecule has 0 bridgehead atoms. The number of rotatable bonds is 7. The topological polar surface area (TPSA) is 91.6 Å². The first-order valence-corrected chi connectivity index (χ1v) is 11.5. The summed E-state index contributed by atoms with van der Waals surface area (Å²) in [5.74, 6) is 0.404. The van der Waals surface area contributed by atoms with Crippen LogP contribution in [0.3, 0.4) is 0 Å². The van der Waals surface area contributed by atoms with E-state index in [9.17, 15) is 14.4 Å². The molecular weight excluding hydrogens is 420 g/mol. The molecule has 1 unspecified atom stereocenters. The van der Waals surface area contributed by atoms with Gasteiger partial charge in [0, 0.05) is 17.9 Å². The van der Waals surface area contributed by atoms with Gasteiger partial charge in [0.1, 0.15) is 18.7 Å².